The van der Waals surface area contributed by atoms with Gasteiger partial charge in [-0.15, -0.1) is 0 Å². The van der Waals surface area contributed by atoms with Gasteiger partial charge in [0.05, 0.1) is 0 Å². The van der Waals surface area contributed by atoms with E-state index in [9.17, 15) is 14.4 Å². The minimum atomic E-state index is -0.673. The van der Waals surface area contributed by atoms with Crippen LogP contribution in [0.5, 0.6) is 0 Å². The quantitative estimate of drug-likeness (QED) is 0.650. The molecule has 7 heteroatoms. The number of likely N-dealkylation sites (tertiary alicyclic amines) is 1. The second kappa shape index (κ2) is 10.9. The van der Waals surface area contributed by atoms with E-state index in [-0.39, 0.29) is 23.8 Å². The van der Waals surface area contributed by atoms with Gasteiger partial charge in [0.25, 0.3) is 0 Å². The van der Waals surface area contributed by atoms with Crippen LogP contribution in [-0.2, 0) is 20.8 Å². The van der Waals surface area contributed by atoms with E-state index in [1.807, 2.05) is 12.1 Å². The fourth-order valence-corrected chi connectivity index (χ4v) is 5.56. The SMILES string of the molecule is O=C(CC1CCCC1)N[C@@H](Cc1cccnc1)C(=O)N1CCC[C@H]1C(=O)NC1CCCC1. The lowest BCUT2D eigenvalue weighted by atomic mass is 10.0. The molecule has 2 atom stereocenters. The molecule has 4 rings (SSSR count). The first-order chi connectivity index (χ1) is 15.6. The molecule has 2 heterocycles. The van der Waals surface area contributed by atoms with Gasteiger partial charge in [0.1, 0.15) is 12.1 Å². The number of hydrogen-bond donors (Lipinski definition) is 2. The highest BCUT2D eigenvalue weighted by Gasteiger charge is 2.38. The molecule has 2 saturated carbocycles. The van der Waals surface area contributed by atoms with Gasteiger partial charge >= 0.3 is 0 Å². The normalized spacial score (nSPS) is 22.8. The van der Waals surface area contributed by atoms with Crippen molar-refractivity contribution in [3.63, 3.8) is 0 Å². The molecule has 2 aliphatic carbocycles. The fourth-order valence-electron chi connectivity index (χ4n) is 5.56. The van der Waals surface area contributed by atoms with E-state index >= 15 is 0 Å². The van der Waals surface area contributed by atoms with Gasteiger partial charge < -0.3 is 15.5 Å². The number of nitrogens with zero attached hydrogens (tertiary/aromatic N) is 2. The summed E-state index contributed by atoms with van der Waals surface area (Å²) in [6.45, 7) is 0.559. The number of rotatable bonds is 8. The maximum Gasteiger partial charge on any atom is 0.246 e. The van der Waals surface area contributed by atoms with E-state index in [4.69, 9.17) is 0 Å². The van der Waals surface area contributed by atoms with E-state index < -0.39 is 12.1 Å². The molecule has 2 N–H and O–H groups in total. The number of carbonyl (C=O) groups is 3. The molecule has 3 aliphatic rings. The van der Waals surface area contributed by atoms with Crippen LogP contribution in [0.25, 0.3) is 0 Å². The predicted molar refractivity (Wildman–Crippen MR) is 122 cm³/mol. The van der Waals surface area contributed by atoms with E-state index in [0.29, 0.717) is 31.7 Å². The first kappa shape index (κ1) is 22.7. The van der Waals surface area contributed by atoms with Crippen LogP contribution in [-0.4, -0.2) is 52.3 Å². The number of aromatic nitrogens is 1. The topological polar surface area (TPSA) is 91.4 Å². The van der Waals surface area contributed by atoms with Gasteiger partial charge in [-0.3, -0.25) is 19.4 Å². The summed E-state index contributed by atoms with van der Waals surface area (Å²) in [6, 6.07) is 2.88. The molecule has 1 aromatic rings. The van der Waals surface area contributed by atoms with Crippen molar-refractivity contribution in [2.75, 3.05) is 6.54 Å². The van der Waals surface area contributed by atoms with Crippen molar-refractivity contribution in [3.05, 3.63) is 30.1 Å². The number of amides is 3. The molecule has 174 valence electrons. The number of hydrogen-bond acceptors (Lipinski definition) is 4. The summed E-state index contributed by atoms with van der Waals surface area (Å²) in [4.78, 5) is 45.2. The zero-order chi connectivity index (χ0) is 22.3. The average molecular weight is 441 g/mol. The van der Waals surface area contributed by atoms with Crippen LogP contribution >= 0.6 is 0 Å². The zero-order valence-corrected chi connectivity index (χ0v) is 18.9. The van der Waals surface area contributed by atoms with Crippen molar-refractivity contribution in [1.29, 1.82) is 0 Å². The highest BCUT2D eigenvalue weighted by atomic mass is 16.2. The van der Waals surface area contributed by atoms with E-state index in [2.05, 4.69) is 15.6 Å². The lowest BCUT2D eigenvalue weighted by Gasteiger charge is -2.29. The van der Waals surface area contributed by atoms with Gasteiger partial charge in [-0.05, 0) is 56.1 Å². The molecule has 1 saturated heterocycles. The fraction of sp³-hybridized carbons (Fsp3) is 0.680. The molecule has 0 aromatic carbocycles. The molecule has 0 bridgehead atoms. The Bertz CT molecular complexity index is 788. The molecular formula is C25H36N4O3. The monoisotopic (exact) mass is 440 g/mol. The second-order valence-corrected chi connectivity index (χ2v) is 9.72. The molecular weight excluding hydrogens is 404 g/mol. The first-order valence-corrected chi connectivity index (χ1v) is 12.4. The highest BCUT2D eigenvalue weighted by molar-refractivity contribution is 5.92. The summed E-state index contributed by atoms with van der Waals surface area (Å²) in [5, 5.41) is 6.17. The maximum atomic E-state index is 13.6. The van der Waals surface area contributed by atoms with E-state index in [0.717, 1.165) is 50.5 Å². The van der Waals surface area contributed by atoms with Crippen molar-refractivity contribution in [1.82, 2.24) is 20.5 Å². The van der Waals surface area contributed by atoms with Gasteiger partial charge in [-0.2, -0.15) is 0 Å². The highest BCUT2D eigenvalue weighted by Crippen LogP contribution is 2.27. The Kier molecular flexibility index (Phi) is 7.76. The summed E-state index contributed by atoms with van der Waals surface area (Å²) in [5.41, 5.74) is 0.901. The van der Waals surface area contributed by atoms with Gasteiger partial charge in [0, 0.05) is 37.8 Å². The minimum Gasteiger partial charge on any atom is -0.352 e. The Morgan fingerprint density at radius 1 is 1.03 bits per heavy atom. The lowest BCUT2D eigenvalue weighted by Crippen LogP contribution is -2.55. The van der Waals surface area contributed by atoms with Crippen LogP contribution < -0.4 is 10.6 Å². The van der Waals surface area contributed by atoms with Gasteiger partial charge in [-0.1, -0.05) is 31.7 Å². The zero-order valence-electron chi connectivity index (χ0n) is 18.9. The third-order valence-corrected chi connectivity index (χ3v) is 7.28. The summed E-state index contributed by atoms with van der Waals surface area (Å²) in [6.07, 6.45) is 14.7. The predicted octanol–water partition coefficient (Wildman–Crippen LogP) is 2.74. The average Bonchev–Trinajstić information content (AvgIpc) is 3.56. The molecule has 3 fully saturated rings. The number of pyridine rings is 1. The Morgan fingerprint density at radius 2 is 1.78 bits per heavy atom. The summed E-state index contributed by atoms with van der Waals surface area (Å²) in [5.74, 6) is 0.156. The van der Waals surface area contributed by atoms with Crippen LogP contribution in [0.2, 0.25) is 0 Å². The summed E-state index contributed by atoms with van der Waals surface area (Å²) in [7, 11) is 0. The molecule has 3 amide bonds. The second-order valence-electron chi connectivity index (χ2n) is 9.72. The van der Waals surface area contributed by atoms with Crippen molar-refractivity contribution in [2.45, 2.75) is 95.2 Å². The maximum absolute atomic E-state index is 13.6. The van der Waals surface area contributed by atoms with E-state index in [1.54, 1.807) is 17.3 Å². The third kappa shape index (κ3) is 5.87. The van der Waals surface area contributed by atoms with Crippen LogP contribution in [0.3, 0.4) is 0 Å². The Hall–Kier alpha value is -2.44. The molecule has 0 spiro atoms. The summed E-state index contributed by atoms with van der Waals surface area (Å²) < 4.78 is 0. The van der Waals surface area contributed by atoms with Crippen molar-refractivity contribution >= 4 is 17.7 Å². The molecule has 32 heavy (non-hydrogen) atoms. The van der Waals surface area contributed by atoms with Crippen molar-refractivity contribution in [3.8, 4) is 0 Å². The number of carbonyl (C=O) groups excluding carboxylic acids is 3. The van der Waals surface area contributed by atoms with E-state index in [1.165, 1.54) is 12.8 Å². The Labute approximate surface area is 190 Å². The first-order valence-electron chi connectivity index (χ1n) is 12.4. The smallest absolute Gasteiger partial charge is 0.246 e. The van der Waals surface area contributed by atoms with Gasteiger partial charge in [0.2, 0.25) is 17.7 Å². The number of nitrogens with one attached hydrogen (secondary N) is 2. The largest absolute Gasteiger partial charge is 0.352 e. The van der Waals surface area contributed by atoms with Crippen LogP contribution in [0.4, 0.5) is 0 Å². The molecule has 7 nitrogen and oxygen atoms in total. The molecule has 0 radical (unpaired) electrons. The standard InChI is InChI=1S/C25H36N4O3/c30-23(16-18-7-1-2-8-18)28-21(15-19-9-5-13-26-17-19)25(32)29-14-6-12-22(29)24(31)27-20-10-3-4-11-20/h5,9,13,17-18,20-22H,1-4,6-8,10-12,14-16H2,(H,27,31)(H,28,30)/t21-,22-/m0/s1. The van der Waals surface area contributed by atoms with Crippen LogP contribution in [0.15, 0.2) is 24.5 Å². The minimum absolute atomic E-state index is 0.0415. The molecule has 1 aromatic heterocycles. The third-order valence-electron chi connectivity index (χ3n) is 7.28. The van der Waals surface area contributed by atoms with Crippen molar-refractivity contribution in [2.24, 2.45) is 5.92 Å². The molecule has 0 unspecified atom stereocenters. The van der Waals surface area contributed by atoms with Crippen LogP contribution in [0.1, 0.15) is 76.2 Å². The molecule has 1 aliphatic heterocycles. The van der Waals surface area contributed by atoms with Gasteiger partial charge in [0.15, 0.2) is 0 Å². The van der Waals surface area contributed by atoms with Crippen molar-refractivity contribution < 1.29 is 14.4 Å². The Morgan fingerprint density at radius 3 is 2.50 bits per heavy atom. The summed E-state index contributed by atoms with van der Waals surface area (Å²) >= 11 is 0. The Balaban J connectivity index is 1.43. The van der Waals surface area contributed by atoms with Crippen LogP contribution in [0, 0.1) is 5.92 Å². The lowest BCUT2D eigenvalue weighted by molar-refractivity contribution is -0.141. The van der Waals surface area contributed by atoms with Gasteiger partial charge in [-0.25, -0.2) is 0 Å².